The summed E-state index contributed by atoms with van der Waals surface area (Å²) in [6, 6.07) is 4.87. The molecule has 96 valence electrons. The lowest BCUT2D eigenvalue weighted by Crippen LogP contribution is -2.21. The fourth-order valence-electron chi connectivity index (χ4n) is 1.93. The molecule has 2 rings (SSSR count). The van der Waals surface area contributed by atoms with Gasteiger partial charge in [-0.1, -0.05) is 19.9 Å². The van der Waals surface area contributed by atoms with Gasteiger partial charge < -0.3 is 9.88 Å². The van der Waals surface area contributed by atoms with Crippen LogP contribution in [0.5, 0.6) is 0 Å². The van der Waals surface area contributed by atoms with Gasteiger partial charge in [0.15, 0.2) is 0 Å². The first-order valence-corrected chi connectivity index (χ1v) is 6.42. The number of nitrogens with zero attached hydrogens (tertiary/aromatic N) is 2. The summed E-state index contributed by atoms with van der Waals surface area (Å²) in [5.74, 6) is 0. The SMILES string of the molecule is Cc1cncc(Cn2ccc(CNC(C)C)c2)c1. The van der Waals surface area contributed by atoms with Gasteiger partial charge in [-0.3, -0.25) is 4.98 Å². The molecule has 2 aromatic heterocycles. The van der Waals surface area contributed by atoms with Crippen LogP contribution in [0.25, 0.3) is 0 Å². The highest BCUT2D eigenvalue weighted by Crippen LogP contribution is 2.07. The number of hydrogen-bond acceptors (Lipinski definition) is 2. The zero-order valence-electron chi connectivity index (χ0n) is 11.4. The number of hydrogen-bond donors (Lipinski definition) is 1. The van der Waals surface area contributed by atoms with Crippen LogP contribution in [0.15, 0.2) is 36.9 Å². The van der Waals surface area contributed by atoms with Gasteiger partial charge in [0.25, 0.3) is 0 Å². The van der Waals surface area contributed by atoms with E-state index < -0.39 is 0 Å². The van der Waals surface area contributed by atoms with E-state index in [0.717, 1.165) is 13.1 Å². The molecule has 0 bridgehead atoms. The van der Waals surface area contributed by atoms with Crippen LogP contribution in [0.1, 0.15) is 30.5 Å². The van der Waals surface area contributed by atoms with Gasteiger partial charge in [-0.25, -0.2) is 0 Å². The molecular formula is C15H21N3. The summed E-state index contributed by atoms with van der Waals surface area (Å²) in [6.45, 7) is 8.21. The van der Waals surface area contributed by atoms with Crippen molar-refractivity contribution in [2.75, 3.05) is 0 Å². The van der Waals surface area contributed by atoms with Crippen LogP contribution in [-0.4, -0.2) is 15.6 Å². The average Bonchev–Trinajstić information content (AvgIpc) is 2.74. The summed E-state index contributed by atoms with van der Waals surface area (Å²) in [5, 5.41) is 3.42. The Morgan fingerprint density at radius 2 is 2.11 bits per heavy atom. The first-order chi connectivity index (χ1) is 8.63. The molecule has 0 atom stereocenters. The smallest absolute Gasteiger partial charge is 0.0485 e. The fourth-order valence-corrected chi connectivity index (χ4v) is 1.93. The summed E-state index contributed by atoms with van der Waals surface area (Å²) in [6.07, 6.45) is 8.13. The van der Waals surface area contributed by atoms with Crippen molar-refractivity contribution >= 4 is 0 Å². The minimum Gasteiger partial charge on any atom is -0.350 e. The largest absolute Gasteiger partial charge is 0.350 e. The summed E-state index contributed by atoms with van der Waals surface area (Å²) in [4.78, 5) is 4.22. The quantitative estimate of drug-likeness (QED) is 0.875. The van der Waals surface area contributed by atoms with E-state index in [9.17, 15) is 0 Å². The molecule has 0 aliphatic carbocycles. The molecule has 2 heterocycles. The van der Waals surface area contributed by atoms with Crippen molar-refractivity contribution < 1.29 is 0 Å². The predicted molar refractivity (Wildman–Crippen MR) is 74.5 cm³/mol. The molecule has 0 amide bonds. The molecule has 3 heteroatoms. The maximum absolute atomic E-state index is 4.22. The van der Waals surface area contributed by atoms with Crippen LogP contribution in [0, 0.1) is 6.92 Å². The lowest BCUT2D eigenvalue weighted by Gasteiger charge is -2.06. The second-order valence-electron chi connectivity index (χ2n) is 5.10. The summed E-state index contributed by atoms with van der Waals surface area (Å²) < 4.78 is 2.20. The standard InChI is InChI=1S/C15H21N3/c1-12(2)17-9-14-4-5-18(10-14)11-15-6-13(3)7-16-8-15/h4-8,10,12,17H,9,11H2,1-3H3. The Kier molecular flexibility index (Phi) is 4.15. The number of nitrogens with one attached hydrogen (secondary N) is 1. The van der Waals surface area contributed by atoms with Crippen LogP contribution in [0.4, 0.5) is 0 Å². The van der Waals surface area contributed by atoms with E-state index in [1.165, 1.54) is 16.7 Å². The molecular weight excluding hydrogens is 222 g/mol. The van der Waals surface area contributed by atoms with Gasteiger partial charge in [0.2, 0.25) is 0 Å². The second-order valence-corrected chi connectivity index (χ2v) is 5.10. The molecule has 3 nitrogen and oxygen atoms in total. The second kappa shape index (κ2) is 5.83. The van der Waals surface area contributed by atoms with Gasteiger partial charge in [0, 0.05) is 43.9 Å². The van der Waals surface area contributed by atoms with Crippen molar-refractivity contribution in [1.82, 2.24) is 14.9 Å². The van der Waals surface area contributed by atoms with Gasteiger partial charge in [-0.2, -0.15) is 0 Å². The van der Waals surface area contributed by atoms with Crippen molar-refractivity contribution in [3.05, 3.63) is 53.6 Å². The van der Waals surface area contributed by atoms with Crippen LogP contribution in [-0.2, 0) is 13.1 Å². The first-order valence-electron chi connectivity index (χ1n) is 6.42. The van der Waals surface area contributed by atoms with Crippen LogP contribution in [0.2, 0.25) is 0 Å². The lowest BCUT2D eigenvalue weighted by atomic mass is 10.2. The van der Waals surface area contributed by atoms with Crippen LogP contribution >= 0.6 is 0 Å². The van der Waals surface area contributed by atoms with E-state index in [1.54, 1.807) is 0 Å². The molecule has 1 N–H and O–H groups in total. The highest BCUT2D eigenvalue weighted by Gasteiger charge is 2.00. The Labute approximate surface area is 109 Å². The third-order valence-electron chi connectivity index (χ3n) is 2.82. The van der Waals surface area contributed by atoms with E-state index in [2.05, 4.69) is 60.2 Å². The molecule has 18 heavy (non-hydrogen) atoms. The normalized spacial score (nSPS) is 11.1. The Bertz CT molecular complexity index is 500. The first kappa shape index (κ1) is 12.8. The summed E-state index contributed by atoms with van der Waals surface area (Å²) in [5.41, 5.74) is 3.78. The highest BCUT2D eigenvalue weighted by molar-refractivity contribution is 5.18. The molecule has 0 saturated carbocycles. The van der Waals surface area contributed by atoms with Crippen molar-refractivity contribution in [3.8, 4) is 0 Å². The molecule has 0 spiro atoms. The molecule has 0 saturated heterocycles. The Morgan fingerprint density at radius 3 is 2.83 bits per heavy atom. The number of pyridine rings is 1. The monoisotopic (exact) mass is 243 g/mol. The maximum Gasteiger partial charge on any atom is 0.0485 e. The van der Waals surface area contributed by atoms with Crippen LogP contribution < -0.4 is 5.32 Å². The van der Waals surface area contributed by atoms with Gasteiger partial charge in [0.05, 0.1) is 0 Å². The van der Waals surface area contributed by atoms with Gasteiger partial charge in [0.1, 0.15) is 0 Å². The number of aromatic nitrogens is 2. The topological polar surface area (TPSA) is 29.9 Å². The number of rotatable bonds is 5. The zero-order chi connectivity index (χ0) is 13.0. The molecule has 2 aromatic rings. The minimum absolute atomic E-state index is 0.523. The third kappa shape index (κ3) is 3.70. The summed E-state index contributed by atoms with van der Waals surface area (Å²) >= 11 is 0. The van der Waals surface area contributed by atoms with Crippen molar-refractivity contribution in [3.63, 3.8) is 0 Å². The van der Waals surface area contributed by atoms with Gasteiger partial charge in [-0.05, 0) is 29.7 Å². The minimum atomic E-state index is 0.523. The molecule has 0 fully saturated rings. The van der Waals surface area contributed by atoms with Gasteiger partial charge in [-0.15, -0.1) is 0 Å². The molecule has 0 aromatic carbocycles. The van der Waals surface area contributed by atoms with Gasteiger partial charge >= 0.3 is 0 Å². The van der Waals surface area contributed by atoms with E-state index >= 15 is 0 Å². The van der Waals surface area contributed by atoms with E-state index in [4.69, 9.17) is 0 Å². The van der Waals surface area contributed by atoms with Crippen molar-refractivity contribution in [2.24, 2.45) is 0 Å². The molecule has 0 unspecified atom stereocenters. The Morgan fingerprint density at radius 1 is 1.28 bits per heavy atom. The third-order valence-corrected chi connectivity index (χ3v) is 2.82. The van der Waals surface area contributed by atoms with Crippen molar-refractivity contribution in [1.29, 1.82) is 0 Å². The van der Waals surface area contributed by atoms with Crippen molar-refractivity contribution in [2.45, 2.75) is 39.9 Å². The highest BCUT2D eigenvalue weighted by atomic mass is 15.0. The molecule has 0 aliphatic heterocycles. The van der Waals surface area contributed by atoms with E-state index in [-0.39, 0.29) is 0 Å². The molecule has 0 aliphatic rings. The average molecular weight is 243 g/mol. The summed E-state index contributed by atoms with van der Waals surface area (Å²) in [7, 11) is 0. The Balaban J connectivity index is 1.98. The Hall–Kier alpha value is -1.61. The van der Waals surface area contributed by atoms with E-state index in [1.807, 2.05) is 12.4 Å². The maximum atomic E-state index is 4.22. The number of aryl methyl sites for hydroxylation is 1. The predicted octanol–water partition coefficient (Wildman–Crippen LogP) is 2.74. The lowest BCUT2D eigenvalue weighted by molar-refractivity contribution is 0.588. The molecule has 0 radical (unpaired) electrons. The van der Waals surface area contributed by atoms with E-state index in [0.29, 0.717) is 6.04 Å². The van der Waals surface area contributed by atoms with Crippen LogP contribution in [0.3, 0.4) is 0 Å². The fraction of sp³-hybridized carbons (Fsp3) is 0.400. The zero-order valence-corrected chi connectivity index (χ0v) is 11.4.